The van der Waals surface area contributed by atoms with Gasteiger partial charge in [-0.1, -0.05) is 6.92 Å². The van der Waals surface area contributed by atoms with E-state index < -0.39 is 60.6 Å². The van der Waals surface area contributed by atoms with E-state index in [2.05, 4.69) is 15.4 Å². The summed E-state index contributed by atoms with van der Waals surface area (Å²) in [5.74, 6) is -4.35. The Balaban J connectivity index is 1.74. The standard InChI is InChI=1S/C21H24F5N4O2P/c1-19(9-20(22,23)10-19)11-30-17(15(21(24,25)26)16(29-30)12-4-5-12)18(31)28-13-6-7-27-14(8-13)33(2,3)32/h6-8,12H,4-5,9-11H2,1-3H3,(H,27,28,31). The zero-order valence-corrected chi connectivity index (χ0v) is 19.2. The quantitative estimate of drug-likeness (QED) is 0.451. The van der Waals surface area contributed by atoms with Gasteiger partial charge < -0.3 is 9.88 Å². The van der Waals surface area contributed by atoms with Crippen LogP contribution in [0.2, 0.25) is 0 Å². The molecule has 2 saturated carbocycles. The van der Waals surface area contributed by atoms with Crippen molar-refractivity contribution in [3.8, 4) is 0 Å². The van der Waals surface area contributed by atoms with Crippen molar-refractivity contribution in [1.29, 1.82) is 0 Å². The van der Waals surface area contributed by atoms with Gasteiger partial charge in [-0.15, -0.1) is 0 Å². The highest BCUT2D eigenvalue weighted by molar-refractivity contribution is 7.69. The molecule has 2 aromatic rings. The predicted octanol–water partition coefficient (Wildman–Crippen LogP) is 5.11. The number of anilines is 1. The van der Waals surface area contributed by atoms with E-state index in [0.717, 1.165) is 4.68 Å². The van der Waals surface area contributed by atoms with Crippen molar-refractivity contribution in [2.24, 2.45) is 5.41 Å². The fraction of sp³-hybridized carbons (Fsp3) is 0.571. The first-order chi connectivity index (χ1) is 15.1. The number of pyridine rings is 1. The number of halogens is 5. The average Bonchev–Trinajstić information content (AvgIpc) is 3.39. The Morgan fingerprint density at radius 3 is 2.42 bits per heavy atom. The number of hydrogen-bond acceptors (Lipinski definition) is 4. The van der Waals surface area contributed by atoms with Crippen LogP contribution in [0.15, 0.2) is 18.3 Å². The van der Waals surface area contributed by atoms with Crippen LogP contribution in [0.25, 0.3) is 0 Å². The van der Waals surface area contributed by atoms with E-state index >= 15 is 0 Å². The number of nitrogens with one attached hydrogen (secondary N) is 1. The monoisotopic (exact) mass is 490 g/mol. The number of nitrogens with zero attached hydrogens (tertiary/aromatic N) is 3. The van der Waals surface area contributed by atoms with E-state index in [-0.39, 0.29) is 23.4 Å². The largest absolute Gasteiger partial charge is 0.420 e. The molecule has 180 valence electrons. The summed E-state index contributed by atoms with van der Waals surface area (Å²) in [6.45, 7) is 4.28. The molecule has 1 N–H and O–H groups in total. The highest BCUT2D eigenvalue weighted by atomic mass is 31.2. The number of aromatic nitrogens is 3. The molecule has 1 amide bonds. The number of amides is 1. The van der Waals surface area contributed by atoms with Crippen LogP contribution in [0.5, 0.6) is 0 Å². The van der Waals surface area contributed by atoms with Crippen molar-refractivity contribution >= 4 is 24.2 Å². The Bertz CT molecular complexity index is 1140. The molecule has 0 unspecified atom stereocenters. The van der Waals surface area contributed by atoms with Crippen LogP contribution < -0.4 is 10.8 Å². The molecule has 0 aromatic carbocycles. The van der Waals surface area contributed by atoms with Gasteiger partial charge in [0.25, 0.3) is 5.91 Å². The topological polar surface area (TPSA) is 76.9 Å². The molecule has 0 bridgehead atoms. The average molecular weight is 490 g/mol. The molecule has 2 heterocycles. The molecule has 2 aliphatic rings. The third kappa shape index (κ3) is 4.98. The minimum absolute atomic E-state index is 0.129. The fourth-order valence-corrected chi connectivity index (χ4v) is 5.19. The number of alkyl halides is 5. The third-order valence-corrected chi connectivity index (χ3v) is 7.25. The first-order valence-corrected chi connectivity index (χ1v) is 13.1. The maximum atomic E-state index is 14.1. The molecule has 6 nitrogen and oxygen atoms in total. The van der Waals surface area contributed by atoms with E-state index in [1.165, 1.54) is 31.7 Å². The molecule has 2 aliphatic carbocycles. The number of hydrogen-bond donors (Lipinski definition) is 1. The van der Waals surface area contributed by atoms with Crippen molar-refractivity contribution < 1.29 is 31.3 Å². The van der Waals surface area contributed by atoms with Gasteiger partial charge in [0.2, 0.25) is 5.92 Å². The van der Waals surface area contributed by atoms with Gasteiger partial charge in [-0.05, 0) is 43.7 Å². The van der Waals surface area contributed by atoms with Gasteiger partial charge in [0, 0.05) is 37.2 Å². The van der Waals surface area contributed by atoms with Crippen LogP contribution in [-0.4, -0.2) is 39.9 Å². The fourth-order valence-electron chi connectivity index (χ4n) is 4.40. The molecule has 0 saturated heterocycles. The van der Waals surface area contributed by atoms with E-state index in [9.17, 15) is 31.3 Å². The van der Waals surface area contributed by atoms with E-state index in [0.29, 0.717) is 12.8 Å². The molecule has 2 aromatic heterocycles. The van der Waals surface area contributed by atoms with Gasteiger partial charge in [0.15, 0.2) is 0 Å². The predicted molar refractivity (Wildman–Crippen MR) is 113 cm³/mol. The van der Waals surface area contributed by atoms with Crippen LogP contribution in [0.4, 0.5) is 27.6 Å². The highest BCUT2D eigenvalue weighted by Gasteiger charge is 2.55. The summed E-state index contributed by atoms with van der Waals surface area (Å²) in [6, 6.07) is 2.73. The van der Waals surface area contributed by atoms with E-state index in [4.69, 9.17) is 0 Å². The maximum absolute atomic E-state index is 14.1. The minimum atomic E-state index is -4.85. The summed E-state index contributed by atoms with van der Waals surface area (Å²) in [5.41, 5.74) is -2.67. The van der Waals surface area contributed by atoms with Crippen LogP contribution in [-0.2, 0) is 17.3 Å². The van der Waals surface area contributed by atoms with Crippen LogP contribution in [0.1, 0.15) is 60.3 Å². The molecule has 0 atom stereocenters. The summed E-state index contributed by atoms with van der Waals surface area (Å²) in [7, 11) is -2.77. The minimum Gasteiger partial charge on any atom is -0.321 e. The summed E-state index contributed by atoms with van der Waals surface area (Å²) in [4.78, 5) is 17.1. The Morgan fingerprint density at radius 1 is 1.27 bits per heavy atom. The van der Waals surface area contributed by atoms with E-state index in [1.54, 1.807) is 6.92 Å². The first-order valence-electron chi connectivity index (χ1n) is 10.5. The highest BCUT2D eigenvalue weighted by Crippen LogP contribution is 2.53. The molecule has 33 heavy (non-hydrogen) atoms. The molecule has 0 aliphatic heterocycles. The Morgan fingerprint density at radius 2 is 1.91 bits per heavy atom. The summed E-state index contributed by atoms with van der Waals surface area (Å²) in [5, 5.41) is 6.53. The zero-order chi connectivity index (χ0) is 24.4. The lowest BCUT2D eigenvalue weighted by molar-refractivity contribution is -0.160. The van der Waals surface area contributed by atoms with Gasteiger partial charge in [-0.25, -0.2) is 8.78 Å². The molecule has 2 fully saturated rings. The van der Waals surface area contributed by atoms with Crippen molar-refractivity contribution in [2.75, 3.05) is 18.6 Å². The van der Waals surface area contributed by atoms with Crippen LogP contribution in [0.3, 0.4) is 0 Å². The molecule has 4 rings (SSSR count). The second kappa shape index (κ2) is 7.61. The zero-order valence-electron chi connectivity index (χ0n) is 18.3. The van der Waals surface area contributed by atoms with Crippen molar-refractivity contribution in [3.05, 3.63) is 35.3 Å². The lowest BCUT2D eigenvalue weighted by atomic mass is 9.67. The van der Waals surface area contributed by atoms with Crippen molar-refractivity contribution in [1.82, 2.24) is 14.8 Å². The maximum Gasteiger partial charge on any atom is 0.420 e. The second-order valence-electron chi connectivity index (χ2n) is 9.77. The normalized spacial score (nSPS) is 19.8. The molecule has 12 heteroatoms. The molecular weight excluding hydrogens is 466 g/mol. The van der Waals surface area contributed by atoms with Crippen LogP contribution in [0, 0.1) is 5.41 Å². The molecular formula is C21H24F5N4O2P. The summed E-state index contributed by atoms with van der Waals surface area (Å²) in [6.07, 6.45) is -3.48. The van der Waals surface area contributed by atoms with Gasteiger partial charge in [-0.2, -0.15) is 18.3 Å². The molecule has 0 radical (unpaired) electrons. The van der Waals surface area contributed by atoms with Gasteiger partial charge >= 0.3 is 6.18 Å². The van der Waals surface area contributed by atoms with Gasteiger partial charge in [-0.3, -0.25) is 14.5 Å². The van der Waals surface area contributed by atoms with Crippen LogP contribution >= 0.6 is 7.14 Å². The number of carbonyl (C=O) groups is 1. The molecule has 0 spiro atoms. The Hall–Kier alpha value is -2.29. The number of carbonyl (C=O) groups excluding carboxylic acids is 1. The van der Waals surface area contributed by atoms with Gasteiger partial charge in [0.05, 0.1) is 5.69 Å². The Labute approximate surface area is 187 Å². The first kappa shape index (κ1) is 23.9. The lowest BCUT2D eigenvalue weighted by Crippen LogP contribution is -2.47. The van der Waals surface area contributed by atoms with E-state index in [1.807, 2.05) is 0 Å². The third-order valence-electron chi connectivity index (χ3n) is 5.90. The smallest absolute Gasteiger partial charge is 0.321 e. The summed E-state index contributed by atoms with van der Waals surface area (Å²) >= 11 is 0. The Kier molecular flexibility index (Phi) is 5.50. The van der Waals surface area contributed by atoms with Crippen molar-refractivity contribution in [2.45, 2.75) is 57.2 Å². The number of rotatable bonds is 6. The lowest BCUT2D eigenvalue weighted by Gasteiger charge is -2.44. The summed E-state index contributed by atoms with van der Waals surface area (Å²) < 4.78 is 82.5. The SMILES string of the molecule is CC1(Cn2nc(C3CC3)c(C(F)(F)F)c2C(=O)Nc2ccnc(P(C)(C)=O)c2)CC(F)(F)C1. The van der Waals surface area contributed by atoms with Crippen molar-refractivity contribution in [3.63, 3.8) is 0 Å². The second-order valence-corrected chi connectivity index (χ2v) is 12.9. The van der Waals surface area contributed by atoms with Gasteiger partial charge in [0.1, 0.15) is 23.8 Å².